The van der Waals surface area contributed by atoms with E-state index in [0.29, 0.717) is 0 Å². The Morgan fingerprint density at radius 1 is 0.525 bits per heavy atom. The summed E-state index contributed by atoms with van der Waals surface area (Å²) in [6, 6.07) is 42.4. The Morgan fingerprint density at radius 2 is 1.15 bits per heavy atom. The summed E-state index contributed by atoms with van der Waals surface area (Å²) in [5.74, 6) is 0. The van der Waals surface area contributed by atoms with Gasteiger partial charge in [-0.25, -0.2) is 0 Å². The maximum atomic E-state index is 4.13. The van der Waals surface area contributed by atoms with Crippen LogP contribution >= 0.6 is 0 Å². The van der Waals surface area contributed by atoms with Crippen molar-refractivity contribution >= 4 is 61.0 Å². The summed E-state index contributed by atoms with van der Waals surface area (Å²) >= 11 is 0. The summed E-state index contributed by atoms with van der Waals surface area (Å²) < 4.78 is 2.48. The van der Waals surface area contributed by atoms with Gasteiger partial charge in [0.15, 0.2) is 0 Å². The molecule has 0 N–H and O–H groups in total. The zero-order valence-electron chi connectivity index (χ0n) is 22.4. The molecule has 0 amide bonds. The Morgan fingerprint density at radius 3 is 1.88 bits per heavy atom. The second-order valence-electron chi connectivity index (χ2n) is 10.6. The van der Waals surface area contributed by atoms with Gasteiger partial charge in [0, 0.05) is 21.5 Å². The van der Waals surface area contributed by atoms with E-state index in [0.717, 1.165) is 5.56 Å². The summed E-state index contributed by atoms with van der Waals surface area (Å²) in [5, 5.41) is 7.66. The predicted octanol–water partition coefficient (Wildman–Crippen LogP) is 11.0. The topological polar surface area (TPSA) is 4.41 Å². The number of aromatic nitrogens is 1. The fourth-order valence-corrected chi connectivity index (χ4v) is 6.48. The van der Waals surface area contributed by atoms with Gasteiger partial charge >= 0.3 is 0 Å². The predicted molar refractivity (Wildman–Crippen MR) is 174 cm³/mol. The molecule has 0 unspecified atom stereocenters. The molecule has 1 heteroatoms. The molecule has 1 nitrogen and oxygen atoms in total. The molecule has 8 aromatic rings. The van der Waals surface area contributed by atoms with Crippen LogP contribution in [0.25, 0.3) is 83.3 Å². The Kier molecular flexibility index (Phi) is 4.96. The number of rotatable bonds is 4. The van der Waals surface area contributed by atoms with Crippen molar-refractivity contribution in [2.24, 2.45) is 0 Å². The van der Waals surface area contributed by atoms with Crippen LogP contribution in [-0.2, 0) is 0 Å². The molecule has 40 heavy (non-hydrogen) atoms. The van der Waals surface area contributed by atoms with Crippen LogP contribution in [0.4, 0.5) is 0 Å². The second-order valence-corrected chi connectivity index (χ2v) is 10.6. The monoisotopic (exact) mass is 509 g/mol. The highest BCUT2D eigenvalue weighted by atomic mass is 14.9. The van der Waals surface area contributed by atoms with Crippen LogP contribution in [-0.4, -0.2) is 4.40 Å². The molecular formula is C39H27N. The van der Waals surface area contributed by atoms with Gasteiger partial charge in [0.2, 0.25) is 0 Å². The fraction of sp³-hybridized carbons (Fsp3) is 0.0256. The summed E-state index contributed by atoms with van der Waals surface area (Å²) in [6.07, 6.45) is 6.25. The molecule has 0 aliphatic carbocycles. The molecule has 8 rings (SSSR count). The molecule has 2 aromatic heterocycles. The lowest BCUT2D eigenvalue weighted by Gasteiger charge is -2.08. The first-order valence-electron chi connectivity index (χ1n) is 13.8. The minimum atomic E-state index is 1.15. The van der Waals surface area contributed by atoms with E-state index < -0.39 is 0 Å². The average Bonchev–Trinajstić information content (AvgIpc) is 3.50. The third kappa shape index (κ3) is 3.28. The Balaban J connectivity index is 1.51. The number of hydrogen-bond donors (Lipinski definition) is 0. The maximum Gasteiger partial charge on any atom is 0.0620 e. The van der Waals surface area contributed by atoms with Gasteiger partial charge in [0.1, 0.15) is 0 Å². The molecule has 0 aliphatic heterocycles. The number of benzene rings is 6. The van der Waals surface area contributed by atoms with Crippen molar-refractivity contribution in [1.82, 2.24) is 4.40 Å². The van der Waals surface area contributed by atoms with E-state index in [9.17, 15) is 0 Å². The van der Waals surface area contributed by atoms with Gasteiger partial charge in [0.05, 0.1) is 16.6 Å². The number of allylic oxidation sites excluding steroid dienone is 1. The van der Waals surface area contributed by atoms with E-state index in [1.165, 1.54) is 76.7 Å². The first-order valence-corrected chi connectivity index (χ1v) is 13.8. The Hall–Kier alpha value is -5.14. The quantitative estimate of drug-likeness (QED) is 0.222. The highest BCUT2D eigenvalue weighted by molar-refractivity contribution is 6.26. The van der Waals surface area contributed by atoms with Crippen molar-refractivity contribution in [3.05, 3.63) is 139 Å². The van der Waals surface area contributed by atoms with Crippen molar-refractivity contribution in [3.63, 3.8) is 0 Å². The van der Waals surface area contributed by atoms with Crippen molar-refractivity contribution < 1.29 is 0 Å². The van der Waals surface area contributed by atoms with Crippen molar-refractivity contribution in [2.45, 2.75) is 6.92 Å². The highest BCUT2D eigenvalue weighted by Crippen LogP contribution is 2.44. The third-order valence-corrected chi connectivity index (χ3v) is 8.33. The van der Waals surface area contributed by atoms with Gasteiger partial charge < -0.3 is 4.40 Å². The van der Waals surface area contributed by atoms with Gasteiger partial charge in [-0.1, -0.05) is 97.6 Å². The van der Waals surface area contributed by atoms with E-state index in [2.05, 4.69) is 145 Å². The molecule has 0 atom stereocenters. The van der Waals surface area contributed by atoms with Gasteiger partial charge in [-0.15, -0.1) is 0 Å². The molecule has 0 aliphatic rings. The molecule has 0 fully saturated rings. The van der Waals surface area contributed by atoms with Crippen LogP contribution in [0.5, 0.6) is 0 Å². The van der Waals surface area contributed by atoms with E-state index in [1.54, 1.807) is 0 Å². The third-order valence-electron chi connectivity index (χ3n) is 8.33. The number of fused-ring (bicyclic) bond motifs is 7. The van der Waals surface area contributed by atoms with Crippen LogP contribution in [0.15, 0.2) is 128 Å². The average molecular weight is 510 g/mol. The van der Waals surface area contributed by atoms with Gasteiger partial charge in [0.25, 0.3) is 0 Å². The van der Waals surface area contributed by atoms with E-state index in [1.807, 2.05) is 6.08 Å². The van der Waals surface area contributed by atoms with Crippen molar-refractivity contribution in [3.8, 4) is 22.3 Å². The minimum absolute atomic E-state index is 1.15. The standard InChI is InChI=1S/C39H27N/c1-3-11-27-23-37-33(19-25(27)4-2)35-21-32(29-17-10-16-28(18-29)26-12-6-5-7-13-26)22-36-34-20-30-14-8-9-15-31(30)24-38(34)40(37)39(35)36/h3-24H,2H2,1H3/b11-3-. The molecular weight excluding hydrogens is 482 g/mol. The zero-order valence-corrected chi connectivity index (χ0v) is 22.4. The molecule has 0 saturated carbocycles. The summed E-state index contributed by atoms with van der Waals surface area (Å²) in [4.78, 5) is 0. The Bertz CT molecular complexity index is 2280. The van der Waals surface area contributed by atoms with Crippen LogP contribution in [0.3, 0.4) is 0 Å². The van der Waals surface area contributed by atoms with Gasteiger partial charge in [-0.2, -0.15) is 0 Å². The second kappa shape index (κ2) is 8.69. The summed E-state index contributed by atoms with van der Waals surface area (Å²) in [5.41, 5.74) is 11.0. The SMILES string of the molecule is C=Cc1cc2c3cc(-c4cccc(-c5ccccc5)c4)cc4c5cc6ccccc6cc5n(c2cc1/C=C\C)c34. The smallest absolute Gasteiger partial charge is 0.0620 e. The lowest BCUT2D eigenvalue weighted by molar-refractivity contribution is 1.37. The van der Waals surface area contributed by atoms with E-state index in [-0.39, 0.29) is 0 Å². The molecule has 0 saturated heterocycles. The molecule has 2 heterocycles. The summed E-state index contributed by atoms with van der Waals surface area (Å²) in [6.45, 7) is 6.20. The maximum absolute atomic E-state index is 4.13. The zero-order chi connectivity index (χ0) is 26.8. The minimum Gasteiger partial charge on any atom is -0.308 e. The summed E-state index contributed by atoms with van der Waals surface area (Å²) in [7, 11) is 0. The lowest BCUT2D eigenvalue weighted by Crippen LogP contribution is -1.85. The highest BCUT2D eigenvalue weighted by Gasteiger charge is 2.20. The van der Waals surface area contributed by atoms with E-state index in [4.69, 9.17) is 0 Å². The van der Waals surface area contributed by atoms with E-state index >= 15 is 0 Å². The largest absolute Gasteiger partial charge is 0.308 e. The lowest BCUT2D eigenvalue weighted by atomic mass is 9.95. The first kappa shape index (κ1) is 22.8. The number of nitrogens with zero attached hydrogens (tertiary/aromatic N) is 1. The van der Waals surface area contributed by atoms with Crippen molar-refractivity contribution in [2.75, 3.05) is 0 Å². The number of hydrogen-bond acceptors (Lipinski definition) is 0. The fourth-order valence-electron chi connectivity index (χ4n) is 6.48. The normalized spacial score (nSPS) is 12.1. The first-order chi connectivity index (χ1) is 19.7. The molecule has 188 valence electrons. The van der Waals surface area contributed by atoms with Crippen LogP contribution in [0.1, 0.15) is 18.1 Å². The van der Waals surface area contributed by atoms with Crippen LogP contribution < -0.4 is 0 Å². The van der Waals surface area contributed by atoms with Gasteiger partial charge in [-0.3, -0.25) is 0 Å². The Labute approximate surface area is 233 Å². The molecule has 0 radical (unpaired) electrons. The van der Waals surface area contributed by atoms with Crippen molar-refractivity contribution in [1.29, 1.82) is 0 Å². The van der Waals surface area contributed by atoms with Crippen LogP contribution in [0.2, 0.25) is 0 Å². The molecule has 6 aromatic carbocycles. The molecule has 0 bridgehead atoms. The van der Waals surface area contributed by atoms with Crippen LogP contribution in [0, 0.1) is 0 Å². The van der Waals surface area contributed by atoms with Gasteiger partial charge in [-0.05, 0) is 93.5 Å². The molecule has 0 spiro atoms.